The molecule has 65 valence electrons. The molecule has 0 aliphatic carbocycles. The number of hydrogen-bond acceptors (Lipinski definition) is 1. The molecule has 0 heterocycles. The van der Waals surface area contributed by atoms with Crippen LogP contribution in [0.25, 0.3) is 6.08 Å². The van der Waals surface area contributed by atoms with Crippen LogP contribution in [-0.2, 0) is 11.2 Å². The zero-order chi connectivity index (χ0) is 9.68. The summed E-state index contributed by atoms with van der Waals surface area (Å²) in [5.74, 6) is 0. The van der Waals surface area contributed by atoms with E-state index >= 15 is 0 Å². The minimum absolute atomic E-state index is 0.797. The Balaban J connectivity index is 2.99. The van der Waals surface area contributed by atoms with Crippen LogP contribution in [0, 0.1) is 0 Å². The Labute approximate surface area is 87.1 Å². The maximum absolute atomic E-state index is 10.1. The van der Waals surface area contributed by atoms with Crippen LogP contribution in [-0.4, -0.2) is 22.8 Å². The Hall–Kier alpha value is -0.827. The topological polar surface area (TPSA) is 17.1 Å². The maximum atomic E-state index is 10.1. The molecule has 0 unspecified atom stereocenters. The van der Waals surface area contributed by atoms with Crippen molar-refractivity contribution < 1.29 is 4.79 Å². The number of rotatable bonds is 3. The first-order chi connectivity index (χ1) is 6.27. The average Bonchev–Trinajstić information content (AvgIpc) is 2.16. The second kappa shape index (κ2) is 5.02. The first-order valence-corrected chi connectivity index (χ1v) is 5.29. The van der Waals surface area contributed by atoms with Gasteiger partial charge in [0.1, 0.15) is 0 Å². The predicted octanol–water partition coefficient (Wildman–Crippen LogP) is 1.25. The van der Waals surface area contributed by atoms with E-state index in [0.717, 1.165) is 18.3 Å². The summed E-state index contributed by atoms with van der Waals surface area (Å²) in [5.41, 5.74) is 2.43. The van der Waals surface area contributed by atoms with Crippen molar-refractivity contribution >= 4 is 33.3 Å². The number of allylic oxidation sites excluding steroid dienone is 1. The van der Waals surface area contributed by atoms with Gasteiger partial charge in [0.2, 0.25) is 0 Å². The molecule has 0 bridgehead atoms. The van der Waals surface area contributed by atoms with Crippen LogP contribution in [0.1, 0.15) is 18.1 Å². The SMILES string of the molecule is CCc1cc(C=CC=O)cc[c]1[Ge]. The number of aryl methyl sites for hydroxylation is 1. The van der Waals surface area contributed by atoms with Gasteiger partial charge in [-0.15, -0.1) is 0 Å². The number of benzene rings is 1. The van der Waals surface area contributed by atoms with Crippen molar-refractivity contribution in [1.82, 2.24) is 0 Å². The van der Waals surface area contributed by atoms with Crippen LogP contribution in [0.4, 0.5) is 0 Å². The molecule has 13 heavy (non-hydrogen) atoms. The number of carbonyl (C=O) groups is 1. The van der Waals surface area contributed by atoms with Gasteiger partial charge in [0.25, 0.3) is 0 Å². The van der Waals surface area contributed by atoms with Crippen molar-refractivity contribution in [3.05, 3.63) is 35.4 Å². The second-order valence-electron chi connectivity index (χ2n) is 2.77. The quantitative estimate of drug-likeness (QED) is 0.435. The van der Waals surface area contributed by atoms with Crippen molar-refractivity contribution in [2.45, 2.75) is 13.3 Å². The third-order valence-corrected chi connectivity index (χ3v) is 2.90. The molecule has 3 radical (unpaired) electrons. The third-order valence-electron chi connectivity index (χ3n) is 1.88. The molecule has 0 spiro atoms. The van der Waals surface area contributed by atoms with Gasteiger partial charge in [-0.05, 0) is 0 Å². The van der Waals surface area contributed by atoms with Gasteiger partial charge in [0.15, 0.2) is 0 Å². The summed E-state index contributed by atoms with van der Waals surface area (Å²) in [5, 5.41) is 0. The predicted molar refractivity (Wildman–Crippen MR) is 56.3 cm³/mol. The fourth-order valence-corrected chi connectivity index (χ4v) is 1.86. The van der Waals surface area contributed by atoms with E-state index in [4.69, 9.17) is 0 Å². The standard InChI is InChI=1S/C11H11GeO/c1-2-10-8-9(4-3-7-13)5-6-11(10)12/h3-8H,2H2,1H3. The van der Waals surface area contributed by atoms with Crippen LogP contribution in [0.2, 0.25) is 0 Å². The van der Waals surface area contributed by atoms with Crippen LogP contribution >= 0.6 is 0 Å². The Kier molecular flexibility index (Phi) is 3.96. The molecule has 1 aromatic carbocycles. The van der Waals surface area contributed by atoms with Gasteiger partial charge < -0.3 is 0 Å². The first kappa shape index (κ1) is 10.3. The average molecular weight is 232 g/mol. The number of hydrogen-bond donors (Lipinski definition) is 0. The molecule has 2 heteroatoms. The molecule has 1 rings (SSSR count). The van der Waals surface area contributed by atoms with E-state index in [-0.39, 0.29) is 0 Å². The molecule has 1 nitrogen and oxygen atoms in total. The summed E-state index contributed by atoms with van der Waals surface area (Å²) in [6.45, 7) is 2.13. The molecule has 0 amide bonds. The number of aldehydes is 1. The van der Waals surface area contributed by atoms with Crippen LogP contribution in [0.3, 0.4) is 0 Å². The van der Waals surface area contributed by atoms with Gasteiger partial charge in [0.05, 0.1) is 0 Å². The van der Waals surface area contributed by atoms with E-state index in [0.29, 0.717) is 0 Å². The van der Waals surface area contributed by atoms with Gasteiger partial charge in [0, 0.05) is 0 Å². The fraction of sp³-hybridized carbons (Fsp3) is 0.182. The van der Waals surface area contributed by atoms with E-state index in [2.05, 4.69) is 35.6 Å². The van der Waals surface area contributed by atoms with E-state index in [9.17, 15) is 4.79 Å². The summed E-state index contributed by atoms with van der Waals surface area (Å²) >= 11 is 2.10. The van der Waals surface area contributed by atoms with Crippen molar-refractivity contribution in [2.24, 2.45) is 0 Å². The molecular formula is C11H11GeO. The van der Waals surface area contributed by atoms with Gasteiger partial charge in [-0.2, -0.15) is 0 Å². The summed E-state index contributed by atoms with van der Waals surface area (Å²) in [4.78, 5) is 10.1. The summed E-state index contributed by atoms with van der Waals surface area (Å²) < 4.78 is 1.31. The Morgan fingerprint density at radius 3 is 2.85 bits per heavy atom. The zero-order valence-electron chi connectivity index (χ0n) is 7.58. The molecule has 0 atom stereocenters. The molecule has 0 fully saturated rings. The van der Waals surface area contributed by atoms with Crippen molar-refractivity contribution in [3.63, 3.8) is 0 Å². The molecule has 0 aliphatic rings. The summed E-state index contributed by atoms with van der Waals surface area (Å²) in [7, 11) is 0. The van der Waals surface area contributed by atoms with E-state index in [1.807, 2.05) is 12.1 Å². The van der Waals surface area contributed by atoms with E-state index < -0.39 is 0 Å². The molecular weight excluding hydrogens is 221 g/mol. The van der Waals surface area contributed by atoms with Gasteiger partial charge >= 0.3 is 86.8 Å². The normalized spacial score (nSPS) is 10.6. The third kappa shape index (κ3) is 2.85. The molecule has 0 saturated heterocycles. The van der Waals surface area contributed by atoms with Crippen molar-refractivity contribution in [3.8, 4) is 0 Å². The van der Waals surface area contributed by atoms with Gasteiger partial charge in [-0.3, -0.25) is 0 Å². The minimum atomic E-state index is 0.797. The van der Waals surface area contributed by atoms with Crippen LogP contribution < -0.4 is 4.40 Å². The van der Waals surface area contributed by atoms with E-state index in [1.54, 1.807) is 0 Å². The Bertz CT molecular complexity index is 329. The molecule has 0 aromatic heterocycles. The zero-order valence-corrected chi connectivity index (χ0v) is 9.68. The molecule has 0 saturated carbocycles. The number of carbonyl (C=O) groups excluding carboxylic acids is 1. The molecule has 1 aromatic rings. The molecule has 0 N–H and O–H groups in total. The van der Waals surface area contributed by atoms with Gasteiger partial charge in [-0.1, -0.05) is 0 Å². The summed E-state index contributed by atoms with van der Waals surface area (Å²) in [6, 6.07) is 6.23. The Morgan fingerprint density at radius 2 is 2.23 bits per heavy atom. The molecule has 0 aliphatic heterocycles. The Morgan fingerprint density at radius 1 is 1.46 bits per heavy atom. The van der Waals surface area contributed by atoms with Crippen molar-refractivity contribution in [1.29, 1.82) is 0 Å². The monoisotopic (exact) mass is 233 g/mol. The van der Waals surface area contributed by atoms with Crippen LogP contribution in [0.5, 0.6) is 0 Å². The second-order valence-corrected chi connectivity index (χ2v) is 3.90. The van der Waals surface area contributed by atoms with E-state index in [1.165, 1.54) is 16.0 Å². The summed E-state index contributed by atoms with van der Waals surface area (Å²) in [6.07, 6.45) is 5.18. The van der Waals surface area contributed by atoms with Gasteiger partial charge in [-0.25, -0.2) is 0 Å². The first-order valence-electron chi connectivity index (χ1n) is 4.24. The van der Waals surface area contributed by atoms with Crippen molar-refractivity contribution in [2.75, 3.05) is 0 Å². The fourth-order valence-electron chi connectivity index (χ4n) is 1.16. The van der Waals surface area contributed by atoms with Crippen LogP contribution in [0.15, 0.2) is 24.3 Å².